The van der Waals surface area contributed by atoms with Crippen LogP contribution in [-0.4, -0.2) is 5.54 Å². The van der Waals surface area contributed by atoms with E-state index in [-0.39, 0.29) is 5.54 Å². The minimum absolute atomic E-state index is 0.0665. The summed E-state index contributed by atoms with van der Waals surface area (Å²) in [5.74, 6) is 0. The Morgan fingerprint density at radius 1 is 0.690 bits per heavy atom. The summed E-state index contributed by atoms with van der Waals surface area (Å²) >= 11 is 0. The number of hydrogen-bond acceptors (Lipinski definition) is 1. The lowest BCUT2D eigenvalue weighted by molar-refractivity contribution is 0.634. The average Bonchev–Trinajstić information content (AvgIpc) is 2.67. The molecule has 0 aliphatic carbocycles. The molecule has 1 heteroatoms. The number of aryl methyl sites for hydroxylation is 2. The van der Waals surface area contributed by atoms with E-state index in [0.29, 0.717) is 0 Å². The third-order valence-electron chi connectivity index (χ3n) is 4.71. The molecule has 0 aliphatic rings. The van der Waals surface area contributed by atoms with Crippen LogP contribution in [0.15, 0.2) is 84.9 Å². The van der Waals surface area contributed by atoms with Crippen molar-refractivity contribution in [3.8, 4) is 0 Å². The standard InChI is InChI=1S/C28H31N/c1-21-9-15-24(16-10-21)27(25-17-11-22(2)12-18-25)8-6-7-23-13-19-26(20-14-23)29-28(3,4)5/h6-20,29H,1-5H3. The van der Waals surface area contributed by atoms with E-state index in [1.165, 1.54) is 33.4 Å². The Morgan fingerprint density at radius 3 is 1.62 bits per heavy atom. The topological polar surface area (TPSA) is 12.0 Å². The second kappa shape index (κ2) is 8.96. The fraction of sp³-hybridized carbons (Fsp3) is 0.214. The molecule has 0 spiro atoms. The van der Waals surface area contributed by atoms with E-state index in [1.807, 2.05) is 0 Å². The lowest BCUT2D eigenvalue weighted by atomic mass is 9.96. The highest BCUT2D eigenvalue weighted by atomic mass is 14.9. The van der Waals surface area contributed by atoms with Gasteiger partial charge in [-0.3, -0.25) is 0 Å². The van der Waals surface area contributed by atoms with Crippen molar-refractivity contribution in [2.75, 3.05) is 5.32 Å². The van der Waals surface area contributed by atoms with Crippen LogP contribution in [0.1, 0.15) is 48.6 Å². The first-order chi connectivity index (χ1) is 13.8. The second-order valence-corrected chi connectivity index (χ2v) is 8.67. The first-order valence-corrected chi connectivity index (χ1v) is 10.2. The zero-order chi connectivity index (χ0) is 20.9. The van der Waals surface area contributed by atoms with E-state index in [0.717, 1.165) is 5.69 Å². The van der Waals surface area contributed by atoms with Gasteiger partial charge in [-0.2, -0.15) is 0 Å². The third-order valence-corrected chi connectivity index (χ3v) is 4.71. The molecule has 148 valence electrons. The van der Waals surface area contributed by atoms with Crippen molar-refractivity contribution < 1.29 is 0 Å². The van der Waals surface area contributed by atoms with Crippen molar-refractivity contribution in [2.24, 2.45) is 0 Å². The summed E-state index contributed by atoms with van der Waals surface area (Å²) < 4.78 is 0. The molecule has 0 aromatic heterocycles. The highest BCUT2D eigenvalue weighted by molar-refractivity contribution is 5.81. The van der Waals surface area contributed by atoms with E-state index >= 15 is 0 Å². The minimum Gasteiger partial charge on any atom is -0.380 e. The average molecular weight is 382 g/mol. The predicted octanol–water partition coefficient (Wildman–Crippen LogP) is 7.66. The van der Waals surface area contributed by atoms with Gasteiger partial charge in [-0.15, -0.1) is 0 Å². The van der Waals surface area contributed by atoms with Crippen molar-refractivity contribution in [1.82, 2.24) is 0 Å². The monoisotopic (exact) mass is 381 g/mol. The van der Waals surface area contributed by atoms with Gasteiger partial charge in [-0.05, 0) is 69.0 Å². The van der Waals surface area contributed by atoms with Crippen LogP contribution in [0.4, 0.5) is 5.69 Å². The SMILES string of the molecule is Cc1ccc(C(=CC=Cc2ccc(NC(C)(C)C)cc2)c2ccc(C)cc2)cc1. The largest absolute Gasteiger partial charge is 0.380 e. The van der Waals surface area contributed by atoms with Crippen LogP contribution in [0.5, 0.6) is 0 Å². The van der Waals surface area contributed by atoms with Gasteiger partial charge in [0.25, 0.3) is 0 Å². The molecule has 0 unspecified atom stereocenters. The Balaban J connectivity index is 1.86. The Hall–Kier alpha value is -3.06. The number of nitrogens with one attached hydrogen (secondary N) is 1. The first-order valence-electron chi connectivity index (χ1n) is 10.2. The zero-order valence-electron chi connectivity index (χ0n) is 18.2. The van der Waals surface area contributed by atoms with Gasteiger partial charge in [0.15, 0.2) is 0 Å². The first kappa shape index (κ1) is 20.7. The van der Waals surface area contributed by atoms with Crippen molar-refractivity contribution >= 4 is 17.3 Å². The molecule has 3 rings (SSSR count). The number of allylic oxidation sites excluding steroid dienone is 2. The second-order valence-electron chi connectivity index (χ2n) is 8.67. The smallest absolute Gasteiger partial charge is 0.0344 e. The van der Waals surface area contributed by atoms with Crippen LogP contribution in [0.2, 0.25) is 0 Å². The fourth-order valence-electron chi connectivity index (χ4n) is 3.19. The molecule has 1 N–H and O–H groups in total. The maximum Gasteiger partial charge on any atom is 0.0344 e. The minimum atomic E-state index is 0.0665. The molecule has 0 heterocycles. The zero-order valence-corrected chi connectivity index (χ0v) is 18.2. The molecule has 3 aromatic carbocycles. The molecule has 0 bridgehead atoms. The molecule has 0 radical (unpaired) electrons. The van der Waals surface area contributed by atoms with E-state index in [4.69, 9.17) is 0 Å². The highest BCUT2D eigenvalue weighted by Crippen LogP contribution is 2.25. The van der Waals surface area contributed by atoms with E-state index in [1.54, 1.807) is 0 Å². The fourth-order valence-corrected chi connectivity index (χ4v) is 3.19. The summed E-state index contributed by atoms with van der Waals surface area (Å²) in [4.78, 5) is 0. The van der Waals surface area contributed by atoms with Crippen LogP contribution in [0.25, 0.3) is 11.6 Å². The molecule has 0 amide bonds. The molecule has 1 nitrogen and oxygen atoms in total. The van der Waals surface area contributed by atoms with Gasteiger partial charge in [-0.1, -0.05) is 90.0 Å². The van der Waals surface area contributed by atoms with Crippen LogP contribution < -0.4 is 5.32 Å². The van der Waals surface area contributed by atoms with Gasteiger partial charge in [-0.25, -0.2) is 0 Å². The van der Waals surface area contributed by atoms with Crippen molar-refractivity contribution in [2.45, 2.75) is 40.2 Å². The summed E-state index contributed by atoms with van der Waals surface area (Å²) in [6.45, 7) is 10.8. The van der Waals surface area contributed by atoms with E-state index in [2.05, 4.69) is 131 Å². The van der Waals surface area contributed by atoms with Crippen molar-refractivity contribution in [1.29, 1.82) is 0 Å². The molecule has 0 fully saturated rings. The molecule has 0 aliphatic heterocycles. The summed E-state index contributed by atoms with van der Waals surface area (Å²) in [5.41, 5.74) is 8.64. The van der Waals surface area contributed by atoms with Crippen molar-refractivity contribution in [3.05, 3.63) is 113 Å². The highest BCUT2D eigenvalue weighted by Gasteiger charge is 2.08. The number of rotatable bonds is 5. The number of hydrogen-bond donors (Lipinski definition) is 1. The molecule has 0 saturated heterocycles. The Morgan fingerprint density at radius 2 is 1.17 bits per heavy atom. The lowest BCUT2D eigenvalue weighted by Gasteiger charge is -2.22. The van der Waals surface area contributed by atoms with Crippen LogP contribution >= 0.6 is 0 Å². The Bertz CT molecular complexity index is 933. The van der Waals surface area contributed by atoms with Gasteiger partial charge < -0.3 is 5.32 Å². The van der Waals surface area contributed by atoms with Gasteiger partial charge in [0.2, 0.25) is 0 Å². The lowest BCUT2D eigenvalue weighted by Crippen LogP contribution is -2.25. The molecular weight excluding hydrogens is 350 g/mol. The molecule has 0 atom stereocenters. The summed E-state index contributed by atoms with van der Waals surface area (Å²) in [6, 6.07) is 26.0. The van der Waals surface area contributed by atoms with Gasteiger partial charge in [0, 0.05) is 11.2 Å². The van der Waals surface area contributed by atoms with Gasteiger partial charge in [0.05, 0.1) is 0 Å². The molecule has 3 aromatic rings. The molecular formula is C28H31N. The summed E-state index contributed by atoms with van der Waals surface area (Å²) in [6.07, 6.45) is 6.50. The van der Waals surface area contributed by atoms with Crippen LogP contribution in [0.3, 0.4) is 0 Å². The molecule has 29 heavy (non-hydrogen) atoms. The maximum absolute atomic E-state index is 3.50. The van der Waals surface area contributed by atoms with Crippen LogP contribution in [0, 0.1) is 13.8 Å². The Kier molecular flexibility index (Phi) is 6.39. The van der Waals surface area contributed by atoms with Crippen LogP contribution in [-0.2, 0) is 0 Å². The quantitative estimate of drug-likeness (QED) is 0.447. The number of anilines is 1. The number of benzene rings is 3. The van der Waals surface area contributed by atoms with Gasteiger partial charge in [0.1, 0.15) is 0 Å². The Labute approximate surface area is 175 Å². The third kappa shape index (κ3) is 6.22. The van der Waals surface area contributed by atoms with E-state index in [9.17, 15) is 0 Å². The summed E-state index contributed by atoms with van der Waals surface area (Å²) in [5, 5.41) is 3.50. The van der Waals surface area contributed by atoms with Crippen molar-refractivity contribution in [3.63, 3.8) is 0 Å². The predicted molar refractivity (Wildman–Crippen MR) is 128 cm³/mol. The molecule has 0 saturated carbocycles. The van der Waals surface area contributed by atoms with E-state index < -0.39 is 0 Å². The van der Waals surface area contributed by atoms with Gasteiger partial charge >= 0.3 is 0 Å². The normalized spacial score (nSPS) is 11.5. The maximum atomic E-state index is 3.50. The summed E-state index contributed by atoms with van der Waals surface area (Å²) in [7, 11) is 0.